The minimum Gasteiger partial charge on any atom is -0.481 e. The molecule has 5 heteroatoms. The van der Waals surface area contributed by atoms with Crippen molar-refractivity contribution in [1.82, 2.24) is 9.88 Å². The molecule has 23 heavy (non-hydrogen) atoms. The van der Waals surface area contributed by atoms with E-state index in [4.69, 9.17) is 4.74 Å². The lowest BCUT2D eigenvalue weighted by atomic mass is 10.1. The van der Waals surface area contributed by atoms with E-state index in [1.165, 1.54) is 5.56 Å². The van der Waals surface area contributed by atoms with E-state index in [1.54, 1.807) is 25.4 Å². The topological polar surface area (TPSA) is 54.5 Å². The third-order valence-electron chi connectivity index (χ3n) is 3.92. The summed E-state index contributed by atoms with van der Waals surface area (Å²) >= 11 is 0. The van der Waals surface area contributed by atoms with E-state index in [1.807, 2.05) is 4.90 Å². The second kappa shape index (κ2) is 6.69. The van der Waals surface area contributed by atoms with Crippen LogP contribution in [0.2, 0.25) is 0 Å². The van der Waals surface area contributed by atoms with Crippen LogP contribution in [0.15, 0.2) is 42.6 Å². The van der Waals surface area contributed by atoms with Crippen molar-refractivity contribution in [3.63, 3.8) is 0 Å². The number of hydrogen-bond acceptors (Lipinski definition) is 3. The van der Waals surface area contributed by atoms with Crippen molar-refractivity contribution in [3.8, 4) is 5.88 Å². The quantitative estimate of drug-likeness (QED) is 0.918. The molecule has 1 aliphatic rings. The Morgan fingerprint density at radius 2 is 2.00 bits per heavy atom. The Morgan fingerprint density at radius 1 is 1.26 bits per heavy atom. The van der Waals surface area contributed by atoms with E-state index in [9.17, 15) is 4.79 Å². The molecule has 2 amide bonds. The van der Waals surface area contributed by atoms with Gasteiger partial charge in [-0.3, -0.25) is 0 Å². The molecule has 1 fully saturated rings. The number of nitrogens with one attached hydrogen (secondary N) is 1. The molecule has 0 radical (unpaired) electrons. The number of nitrogens with zero attached hydrogens (tertiary/aromatic N) is 2. The standard InChI is InChI=1S/C18H21N3O2/c1-13-3-5-14(6-4-13)12-21(16-8-9-16)18(22)20-15-7-10-17(23-2)19-11-15/h3-7,10-11,16H,8-9,12H2,1-2H3,(H,20,22). The van der Waals surface area contributed by atoms with Gasteiger partial charge in [0.05, 0.1) is 19.0 Å². The molecule has 0 aliphatic heterocycles. The van der Waals surface area contributed by atoms with Gasteiger partial charge in [-0.25, -0.2) is 9.78 Å². The van der Waals surface area contributed by atoms with E-state index in [2.05, 4.69) is 41.5 Å². The molecular weight excluding hydrogens is 290 g/mol. The second-order valence-electron chi connectivity index (χ2n) is 5.86. The molecule has 2 aromatic rings. The van der Waals surface area contributed by atoms with Crippen molar-refractivity contribution in [2.75, 3.05) is 12.4 Å². The third-order valence-corrected chi connectivity index (χ3v) is 3.92. The normalized spacial score (nSPS) is 13.5. The fourth-order valence-electron chi connectivity index (χ4n) is 2.41. The highest BCUT2D eigenvalue weighted by molar-refractivity contribution is 5.89. The average Bonchev–Trinajstić information content (AvgIpc) is 3.39. The maximum atomic E-state index is 12.6. The van der Waals surface area contributed by atoms with Crippen molar-refractivity contribution in [2.24, 2.45) is 0 Å². The summed E-state index contributed by atoms with van der Waals surface area (Å²) in [4.78, 5) is 18.6. The molecule has 0 atom stereocenters. The van der Waals surface area contributed by atoms with Gasteiger partial charge in [-0.2, -0.15) is 0 Å². The lowest BCUT2D eigenvalue weighted by Crippen LogP contribution is -2.36. The van der Waals surface area contributed by atoms with Gasteiger partial charge >= 0.3 is 6.03 Å². The van der Waals surface area contributed by atoms with Crippen LogP contribution in [0.3, 0.4) is 0 Å². The Morgan fingerprint density at radius 3 is 2.57 bits per heavy atom. The number of carbonyl (C=O) groups excluding carboxylic acids is 1. The van der Waals surface area contributed by atoms with Crippen molar-refractivity contribution in [2.45, 2.75) is 32.4 Å². The fourth-order valence-corrected chi connectivity index (χ4v) is 2.41. The number of methoxy groups -OCH3 is 1. The maximum Gasteiger partial charge on any atom is 0.322 e. The summed E-state index contributed by atoms with van der Waals surface area (Å²) < 4.78 is 5.02. The zero-order chi connectivity index (χ0) is 16.2. The lowest BCUT2D eigenvalue weighted by Gasteiger charge is -2.23. The summed E-state index contributed by atoms with van der Waals surface area (Å²) in [7, 11) is 1.57. The molecule has 0 spiro atoms. The van der Waals surface area contributed by atoms with Crippen LogP contribution >= 0.6 is 0 Å². The van der Waals surface area contributed by atoms with Gasteiger partial charge in [0.25, 0.3) is 0 Å². The van der Waals surface area contributed by atoms with Crippen LogP contribution in [0.4, 0.5) is 10.5 Å². The molecule has 5 nitrogen and oxygen atoms in total. The Balaban J connectivity index is 1.67. The summed E-state index contributed by atoms with van der Waals surface area (Å²) in [6.07, 6.45) is 3.74. The zero-order valence-electron chi connectivity index (χ0n) is 13.5. The number of aromatic nitrogens is 1. The van der Waals surface area contributed by atoms with Gasteiger partial charge in [-0.05, 0) is 31.4 Å². The number of carbonyl (C=O) groups is 1. The van der Waals surface area contributed by atoms with Gasteiger partial charge in [-0.1, -0.05) is 29.8 Å². The molecule has 1 N–H and O–H groups in total. The summed E-state index contributed by atoms with van der Waals surface area (Å²) in [6, 6.07) is 12.1. The number of rotatable bonds is 5. The average molecular weight is 311 g/mol. The number of ether oxygens (including phenoxy) is 1. The predicted octanol–water partition coefficient (Wildman–Crippen LogP) is 3.60. The number of urea groups is 1. The van der Waals surface area contributed by atoms with Crippen molar-refractivity contribution in [3.05, 3.63) is 53.7 Å². The zero-order valence-corrected chi connectivity index (χ0v) is 13.5. The second-order valence-corrected chi connectivity index (χ2v) is 5.86. The van der Waals surface area contributed by atoms with Gasteiger partial charge in [0, 0.05) is 18.7 Å². The lowest BCUT2D eigenvalue weighted by molar-refractivity contribution is 0.206. The van der Waals surface area contributed by atoms with Crippen LogP contribution in [0.25, 0.3) is 0 Å². The smallest absolute Gasteiger partial charge is 0.322 e. The first-order chi connectivity index (χ1) is 11.2. The fraction of sp³-hybridized carbons (Fsp3) is 0.333. The number of aryl methyl sites for hydroxylation is 1. The molecule has 0 unspecified atom stereocenters. The van der Waals surface area contributed by atoms with Crippen molar-refractivity contribution >= 4 is 11.7 Å². The van der Waals surface area contributed by atoms with Crippen molar-refractivity contribution in [1.29, 1.82) is 0 Å². The highest BCUT2D eigenvalue weighted by atomic mass is 16.5. The van der Waals surface area contributed by atoms with E-state index in [0.717, 1.165) is 18.4 Å². The molecular formula is C18H21N3O2. The van der Waals surface area contributed by atoms with Crippen LogP contribution in [-0.4, -0.2) is 29.1 Å². The van der Waals surface area contributed by atoms with E-state index >= 15 is 0 Å². The van der Waals surface area contributed by atoms with Crippen LogP contribution in [0.5, 0.6) is 5.88 Å². The highest BCUT2D eigenvalue weighted by Crippen LogP contribution is 2.29. The van der Waals surface area contributed by atoms with E-state index < -0.39 is 0 Å². The highest BCUT2D eigenvalue weighted by Gasteiger charge is 2.32. The Hall–Kier alpha value is -2.56. The minimum atomic E-state index is -0.0833. The first-order valence-electron chi connectivity index (χ1n) is 7.79. The molecule has 3 rings (SSSR count). The molecule has 0 bridgehead atoms. The molecule has 1 aliphatic carbocycles. The molecule has 1 heterocycles. The van der Waals surface area contributed by atoms with Gasteiger partial charge in [0.1, 0.15) is 0 Å². The summed E-state index contributed by atoms with van der Waals surface area (Å²) in [5.74, 6) is 0.529. The van der Waals surface area contributed by atoms with Gasteiger partial charge < -0.3 is 15.0 Å². The van der Waals surface area contributed by atoms with Gasteiger partial charge in [0.15, 0.2) is 0 Å². The number of benzene rings is 1. The van der Waals surface area contributed by atoms with Gasteiger partial charge in [0.2, 0.25) is 5.88 Å². The maximum absolute atomic E-state index is 12.6. The summed E-state index contributed by atoms with van der Waals surface area (Å²) in [5.41, 5.74) is 3.04. The Kier molecular flexibility index (Phi) is 4.46. The van der Waals surface area contributed by atoms with Crippen molar-refractivity contribution < 1.29 is 9.53 Å². The summed E-state index contributed by atoms with van der Waals surface area (Å²) in [5, 5.41) is 2.92. The number of anilines is 1. The molecule has 1 aromatic heterocycles. The summed E-state index contributed by atoms with van der Waals surface area (Å²) in [6.45, 7) is 2.69. The SMILES string of the molecule is COc1ccc(NC(=O)N(Cc2ccc(C)cc2)C2CC2)cn1. The number of pyridine rings is 1. The molecule has 1 aromatic carbocycles. The van der Waals surface area contributed by atoms with Crippen LogP contribution in [-0.2, 0) is 6.54 Å². The third kappa shape index (κ3) is 4.00. The minimum absolute atomic E-state index is 0.0833. The Bertz CT molecular complexity index is 664. The molecule has 120 valence electrons. The van der Waals surface area contributed by atoms with Crippen LogP contribution < -0.4 is 10.1 Å². The predicted molar refractivity (Wildman–Crippen MR) is 89.6 cm³/mol. The first-order valence-corrected chi connectivity index (χ1v) is 7.79. The number of amides is 2. The van der Waals surface area contributed by atoms with E-state index in [0.29, 0.717) is 24.2 Å². The van der Waals surface area contributed by atoms with E-state index in [-0.39, 0.29) is 6.03 Å². The molecule has 0 saturated heterocycles. The van der Waals surface area contributed by atoms with Crippen LogP contribution in [0.1, 0.15) is 24.0 Å². The largest absolute Gasteiger partial charge is 0.481 e. The van der Waals surface area contributed by atoms with Gasteiger partial charge in [-0.15, -0.1) is 0 Å². The van der Waals surface area contributed by atoms with Crippen LogP contribution in [0, 0.1) is 6.92 Å². The Labute approximate surface area is 136 Å². The monoisotopic (exact) mass is 311 g/mol. The first kappa shape index (κ1) is 15.3. The number of hydrogen-bond donors (Lipinski definition) is 1. The molecule has 1 saturated carbocycles.